The molecule has 4 aromatic heterocycles. The second-order valence-corrected chi connectivity index (χ2v) is 12.2. The van der Waals surface area contributed by atoms with Crippen LogP contribution >= 0.6 is 45.2 Å². The molecule has 6 rings (SSSR count). The Balaban J connectivity index is 0.000000162. The van der Waals surface area contributed by atoms with Gasteiger partial charge in [-0.2, -0.15) is 14.6 Å². The number of aliphatic hydroxyl groups is 2. The Morgan fingerprint density at radius 1 is 1.02 bits per heavy atom. The number of carboxylic acid groups (broad SMARTS) is 1. The molecule has 12 nitrogen and oxygen atoms in total. The first-order valence-corrected chi connectivity index (χ1v) is 15.6. The van der Waals surface area contributed by atoms with E-state index in [0.29, 0.717) is 62.2 Å². The minimum absolute atomic E-state index is 0.0626. The van der Waals surface area contributed by atoms with Gasteiger partial charge in [0, 0.05) is 55.3 Å². The minimum atomic E-state index is -1.04. The Kier molecular flexibility index (Phi) is 11.6. The fraction of sp³-hybridized carbons (Fsp3) is 0.357. The largest absolute Gasteiger partial charge is 0.476 e. The number of aromatic amines is 1. The number of nitrogens with one attached hydrogen (secondary N) is 1. The first-order valence-electron chi connectivity index (χ1n) is 13.4. The SMILES string of the molecule is CCOC(=O)c1n[nH]c2c1CCC(O)C2.Fc1cc(I)ccn1.O=C(O)c1nn(-c2cc(I)ccn2)c2c1CCC(O)C2. The molecule has 2 unspecified atom stereocenters. The zero-order valence-corrected chi connectivity index (χ0v) is 27.3. The lowest BCUT2D eigenvalue weighted by molar-refractivity contribution is 0.0516. The van der Waals surface area contributed by atoms with Gasteiger partial charge in [-0.25, -0.2) is 24.2 Å². The maximum atomic E-state index is 12.1. The highest BCUT2D eigenvalue weighted by Gasteiger charge is 2.29. The van der Waals surface area contributed by atoms with Gasteiger partial charge in [0.25, 0.3) is 0 Å². The van der Waals surface area contributed by atoms with Crippen molar-refractivity contribution >= 4 is 57.1 Å². The van der Waals surface area contributed by atoms with E-state index >= 15 is 0 Å². The summed E-state index contributed by atoms with van der Waals surface area (Å²) in [5.74, 6) is -1.26. The van der Waals surface area contributed by atoms with Crippen molar-refractivity contribution in [3.05, 3.63) is 83.6 Å². The van der Waals surface area contributed by atoms with Crippen molar-refractivity contribution in [3.8, 4) is 5.82 Å². The molecule has 4 aromatic rings. The summed E-state index contributed by atoms with van der Waals surface area (Å²) < 4.78 is 20.4. The quantitative estimate of drug-likeness (QED) is 0.135. The van der Waals surface area contributed by atoms with E-state index in [1.807, 2.05) is 34.7 Å². The van der Waals surface area contributed by atoms with Gasteiger partial charge in [-0.15, -0.1) is 0 Å². The highest BCUT2D eigenvalue weighted by molar-refractivity contribution is 14.1. The van der Waals surface area contributed by atoms with E-state index in [-0.39, 0.29) is 17.8 Å². The molecule has 0 spiro atoms. The first-order chi connectivity index (χ1) is 20.6. The van der Waals surface area contributed by atoms with Crippen LogP contribution in [0.15, 0.2) is 36.7 Å². The Bertz CT molecular complexity index is 1580. The van der Waals surface area contributed by atoms with Gasteiger partial charge >= 0.3 is 11.9 Å². The van der Waals surface area contributed by atoms with Crippen molar-refractivity contribution in [3.63, 3.8) is 0 Å². The van der Waals surface area contributed by atoms with Gasteiger partial charge in [-0.3, -0.25) is 5.10 Å². The van der Waals surface area contributed by atoms with Crippen molar-refractivity contribution in [2.45, 2.75) is 57.7 Å². The molecule has 43 heavy (non-hydrogen) atoms. The molecule has 0 amide bonds. The number of nitrogens with zero attached hydrogens (tertiary/aromatic N) is 5. The third kappa shape index (κ3) is 8.54. The molecule has 0 saturated heterocycles. The second-order valence-electron chi connectivity index (χ2n) is 9.66. The summed E-state index contributed by atoms with van der Waals surface area (Å²) in [6, 6.07) is 6.80. The number of aliphatic hydroxyl groups excluding tert-OH is 2. The topological polar surface area (TPSA) is 176 Å². The number of carbonyl (C=O) groups is 2. The number of H-pyrrole nitrogens is 1. The fourth-order valence-electron chi connectivity index (χ4n) is 4.70. The highest BCUT2D eigenvalue weighted by atomic mass is 127. The van der Waals surface area contributed by atoms with Crippen molar-refractivity contribution in [1.29, 1.82) is 0 Å². The molecule has 0 fully saturated rings. The first kappa shape index (κ1) is 32.9. The van der Waals surface area contributed by atoms with Gasteiger partial charge in [-0.1, -0.05) is 0 Å². The van der Waals surface area contributed by atoms with E-state index in [1.165, 1.54) is 12.3 Å². The Morgan fingerprint density at radius 3 is 2.28 bits per heavy atom. The number of fused-ring (bicyclic) bond motifs is 2. The number of pyridine rings is 2. The molecule has 0 bridgehead atoms. The molecule has 2 aliphatic carbocycles. The zero-order valence-electron chi connectivity index (χ0n) is 23.0. The number of rotatable bonds is 4. The predicted octanol–water partition coefficient (Wildman–Crippen LogP) is 3.68. The molecule has 0 saturated carbocycles. The molecule has 0 aliphatic heterocycles. The minimum Gasteiger partial charge on any atom is -0.476 e. The van der Waals surface area contributed by atoms with E-state index in [0.717, 1.165) is 24.1 Å². The van der Waals surface area contributed by atoms with E-state index < -0.39 is 18.0 Å². The van der Waals surface area contributed by atoms with E-state index in [4.69, 9.17) is 4.74 Å². The van der Waals surface area contributed by atoms with Crippen molar-refractivity contribution in [2.24, 2.45) is 0 Å². The molecule has 4 N–H and O–H groups in total. The molecule has 228 valence electrons. The zero-order chi connectivity index (χ0) is 31.1. The fourth-order valence-corrected chi connectivity index (χ4v) is 5.56. The maximum absolute atomic E-state index is 12.1. The van der Waals surface area contributed by atoms with Gasteiger partial charge in [0.05, 0.1) is 24.5 Å². The number of carboxylic acids is 1. The van der Waals surface area contributed by atoms with E-state index in [2.05, 4.69) is 47.9 Å². The van der Waals surface area contributed by atoms with Gasteiger partial charge in [0.15, 0.2) is 17.2 Å². The number of halogens is 3. The second kappa shape index (κ2) is 15.1. The van der Waals surface area contributed by atoms with Crippen LogP contribution in [-0.4, -0.2) is 76.0 Å². The van der Waals surface area contributed by atoms with Gasteiger partial charge in [0.2, 0.25) is 5.95 Å². The number of aromatic carboxylic acids is 1. The lowest BCUT2D eigenvalue weighted by Gasteiger charge is -2.18. The Morgan fingerprint density at radius 2 is 1.67 bits per heavy atom. The third-order valence-electron chi connectivity index (χ3n) is 6.65. The van der Waals surface area contributed by atoms with Crippen LogP contribution in [0.2, 0.25) is 0 Å². The van der Waals surface area contributed by atoms with E-state index in [1.54, 1.807) is 23.9 Å². The number of ether oxygens (including phenoxy) is 1. The summed E-state index contributed by atoms with van der Waals surface area (Å²) in [6.07, 6.45) is 5.73. The molecule has 0 aromatic carbocycles. The van der Waals surface area contributed by atoms with Crippen LogP contribution in [0.4, 0.5) is 4.39 Å². The number of esters is 1. The van der Waals surface area contributed by atoms with Crippen LogP contribution in [0.1, 0.15) is 63.3 Å². The van der Waals surface area contributed by atoms with Crippen molar-refractivity contribution in [1.82, 2.24) is 29.9 Å². The normalized spacial score (nSPS) is 16.9. The van der Waals surface area contributed by atoms with Gasteiger partial charge < -0.3 is 20.1 Å². The summed E-state index contributed by atoms with van der Waals surface area (Å²) in [4.78, 5) is 30.4. The number of hydrogen-bond donors (Lipinski definition) is 4. The lowest BCUT2D eigenvalue weighted by atomic mass is 9.93. The molecule has 0 radical (unpaired) electrons. The average Bonchev–Trinajstić information content (AvgIpc) is 3.55. The van der Waals surface area contributed by atoms with Crippen LogP contribution in [-0.2, 0) is 30.4 Å². The number of hydrogen-bond acceptors (Lipinski definition) is 9. The average molecular weight is 818 g/mol. The summed E-state index contributed by atoms with van der Waals surface area (Å²) in [5, 5.41) is 39.4. The van der Waals surface area contributed by atoms with Crippen molar-refractivity contribution < 1.29 is 34.0 Å². The molecular weight excluding hydrogens is 789 g/mol. The van der Waals surface area contributed by atoms with Crippen LogP contribution in [0.3, 0.4) is 0 Å². The highest BCUT2D eigenvalue weighted by Crippen LogP contribution is 2.27. The van der Waals surface area contributed by atoms with Gasteiger partial charge in [-0.05, 0) is 96.0 Å². The molecule has 2 atom stereocenters. The Hall–Kier alpha value is -3.03. The number of aromatic nitrogens is 6. The predicted molar refractivity (Wildman–Crippen MR) is 169 cm³/mol. The van der Waals surface area contributed by atoms with Crippen LogP contribution in [0, 0.1) is 13.1 Å². The molecule has 2 aliphatic rings. The van der Waals surface area contributed by atoms with Crippen LogP contribution in [0.25, 0.3) is 5.82 Å². The van der Waals surface area contributed by atoms with E-state index in [9.17, 15) is 29.3 Å². The van der Waals surface area contributed by atoms with Crippen LogP contribution in [0.5, 0.6) is 0 Å². The summed E-state index contributed by atoms with van der Waals surface area (Å²) in [7, 11) is 0. The lowest BCUT2D eigenvalue weighted by Crippen LogP contribution is -2.21. The molecule has 15 heteroatoms. The summed E-state index contributed by atoms with van der Waals surface area (Å²) >= 11 is 4.19. The maximum Gasteiger partial charge on any atom is 0.359 e. The van der Waals surface area contributed by atoms with Gasteiger partial charge in [0.1, 0.15) is 0 Å². The summed E-state index contributed by atoms with van der Waals surface area (Å²) in [5.41, 5.74) is 3.65. The third-order valence-corrected chi connectivity index (χ3v) is 7.99. The standard InChI is InChI=1S/C13H12IN3O3.C10H14N2O3.C5H3FIN/c14-7-3-4-15-11(5-7)17-10-6-8(18)1-2-9(10)12(16-17)13(19)20;1-2-15-10(14)9-7-4-3-6(13)5-8(7)11-12-9;6-5-3-4(7)1-2-8-5/h3-5,8,18H,1-2,6H2,(H,19,20);6,13H,2-5H2,1H3,(H,11,12);1-3H. The molecule has 4 heterocycles. The number of carbonyl (C=O) groups excluding carboxylic acids is 1. The monoisotopic (exact) mass is 818 g/mol. The van der Waals surface area contributed by atoms with Crippen LogP contribution < -0.4 is 0 Å². The summed E-state index contributed by atoms with van der Waals surface area (Å²) in [6.45, 7) is 2.11. The smallest absolute Gasteiger partial charge is 0.359 e. The van der Waals surface area contributed by atoms with Crippen molar-refractivity contribution in [2.75, 3.05) is 6.61 Å². The molecular formula is C28H29FI2N6O6. The Labute approximate surface area is 273 Å².